The molecule has 0 aliphatic carbocycles. The van der Waals surface area contributed by atoms with Crippen LogP contribution in [0.25, 0.3) is 0 Å². The summed E-state index contributed by atoms with van der Waals surface area (Å²) in [6.07, 6.45) is -5.08. The normalized spacial score (nSPS) is 17.4. The van der Waals surface area contributed by atoms with Crippen LogP contribution in [0.1, 0.15) is 41.2 Å². The summed E-state index contributed by atoms with van der Waals surface area (Å²) in [5.74, 6) is -0.0332. The third kappa shape index (κ3) is 7.84. The van der Waals surface area contributed by atoms with Crippen molar-refractivity contribution in [3.8, 4) is 5.75 Å². The maximum absolute atomic E-state index is 13.7. The molecule has 242 valence electrons. The molecule has 0 radical (unpaired) electrons. The molecule has 0 saturated heterocycles. The number of aromatic nitrogens is 1. The molecule has 4 N–H and O–H groups in total. The van der Waals surface area contributed by atoms with Gasteiger partial charge in [-0.15, -0.1) is 0 Å². The Hall–Kier alpha value is -4.79. The zero-order valence-electron chi connectivity index (χ0n) is 25.4. The number of amides is 5. The molecule has 45 heavy (non-hydrogen) atoms. The molecule has 1 aliphatic heterocycles. The number of alkyl halides is 3. The van der Waals surface area contributed by atoms with Crippen molar-refractivity contribution in [3.05, 3.63) is 65.0 Å². The van der Waals surface area contributed by atoms with Crippen molar-refractivity contribution in [1.82, 2.24) is 15.0 Å². The van der Waals surface area contributed by atoms with Crippen LogP contribution in [0.2, 0.25) is 0 Å². The third-order valence-electron chi connectivity index (χ3n) is 7.46. The highest BCUT2D eigenvalue weighted by Crippen LogP contribution is 2.32. The topological polar surface area (TPSA) is 149 Å². The maximum Gasteiger partial charge on any atom is 0.416 e. The molecule has 2 aromatic carbocycles. The van der Waals surface area contributed by atoms with E-state index in [2.05, 4.69) is 21.1 Å². The van der Waals surface area contributed by atoms with Gasteiger partial charge in [0.2, 0.25) is 0 Å². The van der Waals surface area contributed by atoms with Crippen molar-refractivity contribution in [2.45, 2.75) is 46.0 Å². The van der Waals surface area contributed by atoms with Crippen LogP contribution < -0.4 is 20.7 Å². The highest BCUT2D eigenvalue weighted by Gasteiger charge is 2.34. The number of benzene rings is 2. The lowest BCUT2D eigenvalue weighted by Crippen LogP contribution is -2.50. The van der Waals surface area contributed by atoms with E-state index in [-0.39, 0.29) is 48.3 Å². The largest absolute Gasteiger partial charge is 0.487 e. The van der Waals surface area contributed by atoms with Gasteiger partial charge >= 0.3 is 18.2 Å². The van der Waals surface area contributed by atoms with E-state index >= 15 is 0 Å². The summed E-state index contributed by atoms with van der Waals surface area (Å²) in [5.41, 5.74) is 0.613. The van der Waals surface area contributed by atoms with E-state index in [0.717, 1.165) is 24.3 Å². The van der Waals surface area contributed by atoms with Crippen LogP contribution in [-0.2, 0) is 6.18 Å². The molecule has 0 saturated carbocycles. The van der Waals surface area contributed by atoms with E-state index in [0.29, 0.717) is 17.1 Å². The van der Waals surface area contributed by atoms with E-state index in [4.69, 9.17) is 9.26 Å². The van der Waals surface area contributed by atoms with Crippen molar-refractivity contribution < 1.29 is 41.9 Å². The van der Waals surface area contributed by atoms with Gasteiger partial charge in [0.25, 0.3) is 5.91 Å². The summed E-state index contributed by atoms with van der Waals surface area (Å²) in [6.45, 7) is 7.01. The lowest BCUT2D eigenvalue weighted by atomic mass is 9.99. The van der Waals surface area contributed by atoms with Crippen LogP contribution in [0.4, 0.5) is 39.8 Å². The number of aliphatic hydroxyl groups is 1. The number of carbonyl (C=O) groups is 3. The summed E-state index contributed by atoms with van der Waals surface area (Å²) >= 11 is 0. The van der Waals surface area contributed by atoms with Crippen LogP contribution >= 0.6 is 0 Å². The minimum absolute atomic E-state index is 0.113. The van der Waals surface area contributed by atoms with Crippen LogP contribution in [0.15, 0.2) is 47.0 Å². The number of nitrogens with one attached hydrogen (secondary N) is 3. The standard InChI is InChI=1S/C30H35F3N6O6/c1-16-13-39(17(2)15-40)27(41)23-12-22(35-28(42)34-21-8-6-20(7-9-21)30(31,32)33)10-11-24(23)44-25(16)14-38(5)29(43)36-26-18(3)37-45-19(26)4/h6-12,16-17,25,40H,13-15H2,1-5H3,(H,36,43)(H2,34,35,42)/t16-,17+,25-/m0/s1. The number of urea groups is 2. The van der Waals surface area contributed by atoms with Crippen molar-refractivity contribution in [2.75, 3.05) is 42.7 Å². The number of hydrogen-bond acceptors (Lipinski definition) is 7. The molecule has 1 aliphatic rings. The number of likely N-dealkylation sites (N-methyl/N-ethyl adjacent to an activating group) is 1. The Morgan fingerprint density at radius 2 is 1.76 bits per heavy atom. The smallest absolute Gasteiger partial charge is 0.416 e. The molecular formula is C30H35F3N6O6. The second kappa shape index (κ2) is 13.5. The zero-order valence-corrected chi connectivity index (χ0v) is 25.4. The van der Waals surface area contributed by atoms with Gasteiger partial charge < -0.3 is 40.1 Å². The summed E-state index contributed by atoms with van der Waals surface area (Å²) in [6, 6.07) is 6.68. The molecule has 15 heteroatoms. The van der Waals surface area contributed by atoms with Gasteiger partial charge in [-0.25, -0.2) is 9.59 Å². The van der Waals surface area contributed by atoms with Gasteiger partial charge in [-0.05, 0) is 63.2 Å². The zero-order chi connectivity index (χ0) is 33.1. The number of rotatable bonds is 7. The van der Waals surface area contributed by atoms with Crippen molar-refractivity contribution in [2.24, 2.45) is 5.92 Å². The summed E-state index contributed by atoms with van der Waals surface area (Å²) in [4.78, 5) is 42.3. The number of nitrogens with zero attached hydrogens (tertiary/aromatic N) is 3. The van der Waals surface area contributed by atoms with Gasteiger partial charge in [0.05, 0.1) is 30.3 Å². The monoisotopic (exact) mass is 632 g/mol. The average molecular weight is 633 g/mol. The number of halogens is 3. The van der Waals surface area contributed by atoms with Crippen molar-refractivity contribution in [1.29, 1.82) is 0 Å². The predicted octanol–water partition coefficient (Wildman–Crippen LogP) is 5.34. The number of aryl methyl sites for hydroxylation is 2. The number of hydrogen-bond donors (Lipinski definition) is 4. The van der Waals surface area contributed by atoms with E-state index in [9.17, 15) is 32.7 Å². The first-order chi connectivity index (χ1) is 21.2. The maximum atomic E-state index is 13.7. The Balaban J connectivity index is 1.54. The third-order valence-corrected chi connectivity index (χ3v) is 7.46. The molecule has 3 aromatic rings. The van der Waals surface area contributed by atoms with Crippen molar-refractivity contribution in [3.63, 3.8) is 0 Å². The number of fused-ring (bicyclic) bond motifs is 1. The van der Waals surface area contributed by atoms with Crippen LogP contribution in [0.3, 0.4) is 0 Å². The highest BCUT2D eigenvalue weighted by atomic mass is 19.4. The molecule has 5 amide bonds. The quantitative estimate of drug-likeness (QED) is 0.275. The molecule has 1 aromatic heterocycles. The Labute approximate surface area is 257 Å². The van der Waals surface area contributed by atoms with Gasteiger partial charge in [-0.2, -0.15) is 13.2 Å². The van der Waals surface area contributed by atoms with Crippen molar-refractivity contribution >= 4 is 35.0 Å². The fraction of sp³-hybridized carbons (Fsp3) is 0.400. The lowest BCUT2D eigenvalue weighted by molar-refractivity contribution is -0.137. The van der Waals surface area contributed by atoms with Crippen LogP contribution in [0.5, 0.6) is 5.75 Å². The molecule has 12 nitrogen and oxygen atoms in total. The van der Waals surface area contributed by atoms with Gasteiger partial charge in [-0.1, -0.05) is 12.1 Å². The Morgan fingerprint density at radius 3 is 2.36 bits per heavy atom. The molecule has 0 bridgehead atoms. The van der Waals surface area contributed by atoms with Gasteiger partial charge in [0.1, 0.15) is 23.2 Å². The highest BCUT2D eigenvalue weighted by molar-refractivity contribution is 6.02. The fourth-order valence-corrected chi connectivity index (χ4v) is 4.77. The number of carbonyl (C=O) groups excluding carboxylic acids is 3. The fourth-order valence-electron chi connectivity index (χ4n) is 4.77. The molecule has 0 fully saturated rings. The average Bonchev–Trinajstić information content (AvgIpc) is 3.30. The summed E-state index contributed by atoms with van der Waals surface area (Å²) in [5, 5.41) is 21.6. The molecule has 0 spiro atoms. The Morgan fingerprint density at radius 1 is 1.11 bits per heavy atom. The minimum atomic E-state index is -4.51. The Kier molecular flexibility index (Phi) is 9.91. The van der Waals surface area contributed by atoms with E-state index in [1.54, 1.807) is 27.8 Å². The molecule has 3 atom stereocenters. The van der Waals surface area contributed by atoms with E-state index in [1.165, 1.54) is 28.0 Å². The Bertz CT molecular complexity index is 1520. The van der Waals surface area contributed by atoms with E-state index in [1.807, 2.05) is 6.92 Å². The number of ether oxygens (including phenoxy) is 1. The molecule has 0 unspecified atom stereocenters. The first-order valence-electron chi connectivity index (χ1n) is 14.1. The van der Waals surface area contributed by atoms with Gasteiger partial charge in [0.15, 0.2) is 5.76 Å². The first-order valence-corrected chi connectivity index (χ1v) is 14.1. The predicted molar refractivity (Wildman–Crippen MR) is 159 cm³/mol. The van der Waals surface area contributed by atoms with Gasteiger partial charge in [-0.3, -0.25) is 4.79 Å². The molecule has 2 heterocycles. The SMILES string of the molecule is Cc1noc(C)c1NC(=O)N(C)C[C@@H]1Oc2ccc(NC(=O)Nc3ccc(C(F)(F)F)cc3)cc2C(=O)N([C@H](C)CO)C[C@@H]1C. The second-order valence-electron chi connectivity index (χ2n) is 11.0. The van der Waals surface area contributed by atoms with E-state index < -0.39 is 41.9 Å². The number of aliphatic hydroxyl groups excluding tert-OH is 1. The van der Waals surface area contributed by atoms with Crippen LogP contribution in [0, 0.1) is 19.8 Å². The lowest BCUT2D eigenvalue weighted by Gasteiger charge is -2.38. The molecular weight excluding hydrogens is 597 g/mol. The number of anilines is 3. The van der Waals surface area contributed by atoms with Gasteiger partial charge in [0, 0.05) is 30.9 Å². The second-order valence-corrected chi connectivity index (χ2v) is 11.0. The van der Waals surface area contributed by atoms with Crippen LogP contribution in [-0.4, -0.2) is 76.9 Å². The summed E-state index contributed by atoms with van der Waals surface area (Å²) in [7, 11) is 1.60. The summed E-state index contributed by atoms with van der Waals surface area (Å²) < 4.78 is 50.0. The minimum Gasteiger partial charge on any atom is -0.487 e. The first kappa shape index (κ1) is 33.1. The molecule has 4 rings (SSSR count).